The Bertz CT molecular complexity index is 1450. The van der Waals surface area contributed by atoms with Crippen molar-refractivity contribution in [1.29, 1.82) is 0 Å². The number of alkyl halides is 3. The van der Waals surface area contributed by atoms with Gasteiger partial charge in [-0.15, -0.1) is 0 Å². The second-order valence-electron chi connectivity index (χ2n) is 9.15. The van der Waals surface area contributed by atoms with Crippen LogP contribution in [0, 0.1) is 0 Å². The highest BCUT2D eigenvalue weighted by molar-refractivity contribution is 6.29. The molecule has 1 aliphatic heterocycles. The van der Waals surface area contributed by atoms with Gasteiger partial charge in [-0.1, -0.05) is 41.9 Å². The number of rotatable bonds is 8. The molecule has 1 aliphatic rings. The van der Waals surface area contributed by atoms with Gasteiger partial charge in [0.2, 0.25) is 5.95 Å². The number of imidazole rings is 1. The third-order valence-electron chi connectivity index (χ3n) is 6.41. The van der Waals surface area contributed by atoms with Crippen LogP contribution in [0.2, 0.25) is 5.15 Å². The summed E-state index contributed by atoms with van der Waals surface area (Å²) in [6.07, 6.45) is -1.05. The molecule has 0 fully saturated rings. The van der Waals surface area contributed by atoms with Gasteiger partial charge in [0, 0.05) is 49.1 Å². The summed E-state index contributed by atoms with van der Waals surface area (Å²) in [4.78, 5) is 14.9. The van der Waals surface area contributed by atoms with Gasteiger partial charge in [-0.05, 0) is 24.6 Å². The number of fused-ring (bicyclic) bond motifs is 1. The highest BCUT2D eigenvalue weighted by Gasteiger charge is 2.37. The molecule has 0 spiro atoms. The summed E-state index contributed by atoms with van der Waals surface area (Å²) >= 11 is 5.97. The van der Waals surface area contributed by atoms with E-state index in [1.807, 2.05) is 49.4 Å². The van der Waals surface area contributed by atoms with Crippen LogP contribution < -0.4 is 15.4 Å². The molecule has 5 rings (SSSR count). The van der Waals surface area contributed by atoms with Crippen molar-refractivity contribution in [3.63, 3.8) is 0 Å². The lowest BCUT2D eigenvalue weighted by molar-refractivity contribution is -0.148. The number of anilines is 3. The normalized spacial score (nSPS) is 15.6. The summed E-state index contributed by atoms with van der Waals surface area (Å²) in [6.45, 7) is 1.74. The fourth-order valence-corrected chi connectivity index (χ4v) is 4.95. The van der Waals surface area contributed by atoms with Crippen LogP contribution in [-0.4, -0.2) is 57.3 Å². The lowest BCUT2D eigenvalue weighted by Crippen LogP contribution is -2.41. The van der Waals surface area contributed by atoms with Gasteiger partial charge >= 0.3 is 6.18 Å². The molecule has 2 aromatic heterocycles. The van der Waals surface area contributed by atoms with E-state index in [2.05, 4.69) is 20.6 Å². The maximum Gasteiger partial charge on any atom is 0.401 e. The maximum atomic E-state index is 13.4. The summed E-state index contributed by atoms with van der Waals surface area (Å²) < 4.78 is 47.5. The van der Waals surface area contributed by atoms with Crippen LogP contribution >= 0.6 is 11.6 Å². The lowest BCUT2D eigenvalue weighted by atomic mass is 9.88. The summed E-state index contributed by atoms with van der Waals surface area (Å²) in [5.74, 6) is 1.05. The Kier molecular flexibility index (Phi) is 7.62. The van der Waals surface area contributed by atoms with Gasteiger partial charge in [0.25, 0.3) is 0 Å². The van der Waals surface area contributed by atoms with E-state index in [0.717, 1.165) is 11.3 Å². The average Bonchev–Trinajstić information content (AvgIpc) is 3.34. The van der Waals surface area contributed by atoms with Crippen LogP contribution in [0.5, 0.6) is 5.75 Å². The summed E-state index contributed by atoms with van der Waals surface area (Å²) in [5, 5.41) is 6.83. The van der Waals surface area contributed by atoms with Gasteiger partial charge in [-0.3, -0.25) is 4.90 Å². The molecule has 204 valence electrons. The zero-order chi connectivity index (χ0) is 27.6. The van der Waals surface area contributed by atoms with E-state index in [4.69, 9.17) is 21.3 Å². The first-order valence-corrected chi connectivity index (χ1v) is 12.8. The minimum absolute atomic E-state index is 0.0940. The largest absolute Gasteiger partial charge is 0.494 e. The molecule has 4 aromatic rings. The van der Waals surface area contributed by atoms with Gasteiger partial charge in [0.15, 0.2) is 0 Å². The van der Waals surface area contributed by atoms with E-state index in [0.29, 0.717) is 46.2 Å². The number of nitrogens with zero attached hydrogens (tertiary/aromatic N) is 5. The zero-order valence-electron chi connectivity index (χ0n) is 21.3. The van der Waals surface area contributed by atoms with Crippen molar-refractivity contribution in [3.05, 3.63) is 83.0 Å². The Morgan fingerprint density at radius 3 is 2.59 bits per heavy atom. The van der Waals surface area contributed by atoms with Crippen molar-refractivity contribution < 1.29 is 17.9 Å². The van der Waals surface area contributed by atoms with Crippen LogP contribution in [0.1, 0.15) is 29.7 Å². The molecule has 2 N–H and O–H groups in total. The Hall–Kier alpha value is -3.83. The number of hydrogen-bond acceptors (Lipinski definition) is 7. The molecule has 0 saturated carbocycles. The van der Waals surface area contributed by atoms with Crippen molar-refractivity contribution in [1.82, 2.24) is 24.4 Å². The van der Waals surface area contributed by atoms with E-state index in [9.17, 15) is 13.2 Å². The molecule has 12 heteroatoms. The summed E-state index contributed by atoms with van der Waals surface area (Å²) in [6, 6.07) is 15.0. The van der Waals surface area contributed by atoms with E-state index < -0.39 is 12.7 Å². The number of aromatic nitrogens is 4. The molecule has 39 heavy (non-hydrogen) atoms. The van der Waals surface area contributed by atoms with Gasteiger partial charge < -0.3 is 19.9 Å². The molecule has 3 heterocycles. The highest BCUT2D eigenvalue weighted by Crippen LogP contribution is 2.38. The molecule has 0 radical (unpaired) electrons. The first-order valence-electron chi connectivity index (χ1n) is 12.4. The Morgan fingerprint density at radius 2 is 1.92 bits per heavy atom. The molecular weight excluding hydrogens is 531 g/mol. The Balaban J connectivity index is 1.53. The summed E-state index contributed by atoms with van der Waals surface area (Å²) in [7, 11) is 1.57. The standard InChI is InChI=1S/C27H27ClF3N7O/c1-3-32-25-20-13-37(15-27(29,30)31)12-19(17-7-5-4-6-8-17)24(20)35-26(36-25)34-18-9-10-21(22(11-18)39-2)38-14-23(28)33-16-38/h4-11,14,16,19H,3,12-13,15H2,1-2H3,(H2,32,34,35,36). The molecule has 2 aromatic carbocycles. The number of nitrogens with one attached hydrogen (secondary N) is 2. The Labute approximate surface area is 228 Å². The predicted molar refractivity (Wildman–Crippen MR) is 144 cm³/mol. The van der Waals surface area contributed by atoms with Crippen LogP contribution in [0.15, 0.2) is 61.1 Å². The second-order valence-corrected chi connectivity index (χ2v) is 9.54. The summed E-state index contributed by atoms with van der Waals surface area (Å²) in [5.41, 5.74) is 3.68. The van der Waals surface area contributed by atoms with E-state index in [-0.39, 0.29) is 19.0 Å². The van der Waals surface area contributed by atoms with E-state index in [1.54, 1.807) is 30.3 Å². The van der Waals surface area contributed by atoms with Crippen LogP contribution in [0.3, 0.4) is 0 Å². The smallest absolute Gasteiger partial charge is 0.401 e. The van der Waals surface area contributed by atoms with Crippen molar-refractivity contribution in [3.8, 4) is 11.4 Å². The second kappa shape index (κ2) is 11.1. The SMILES string of the molecule is CCNc1nc(Nc2ccc(-n3cnc(Cl)c3)c(OC)c2)nc2c1CN(CC(F)(F)F)CC2c1ccccc1. The minimum Gasteiger partial charge on any atom is -0.494 e. The molecule has 1 unspecified atom stereocenters. The molecule has 0 aliphatic carbocycles. The van der Waals surface area contributed by atoms with Gasteiger partial charge in [-0.2, -0.15) is 18.2 Å². The molecular formula is C27H27ClF3N7O. The van der Waals surface area contributed by atoms with Crippen LogP contribution in [-0.2, 0) is 6.54 Å². The number of halogens is 4. The third-order valence-corrected chi connectivity index (χ3v) is 6.60. The monoisotopic (exact) mass is 557 g/mol. The van der Waals surface area contributed by atoms with Gasteiger partial charge in [0.1, 0.15) is 23.0 Å². The quantitative estimate of drug-likeness (QED) is 0.275. The van der Waals surface area contributed by atoms with Crippen molar-refractivity contribution in [2.75, 3.05) is 37.4 Å². The molecule has 0 saturated heterocycles. The van der Waals surface area contributed by atoms with Crippen LogP contribution in [0.4, 0.5) is 30.6 Å². The van der Waals surface area contributed by atoms with E-state index in [1.165, 1.54) is 4.90 Å². The maximum absolute atomic E-state index is 13.4. The first-order chi connectivity index (χ1) is 18.7. The number of benzene rings is 2. The first kappa shape index (κ1) is 26.8. The lowest BCUT2D eigenvalue weighted by Gasteiger charge is -2.35. The fraction of sp³-hybridized carbons (Fsp3) is 0.296. The number of hydrogen-bond donors (Lipinski definition) is 2. The third kappa shape index (κ3) is 6.10. The van der Waals surface area contributed by atoms with Gasteiger partial charge in [0.05, 0.1) is 25.0 Å². The Morgan fingerprint density at radius 1 is 1.13 bits per heavy atom. The fourth-order valence-electron chi connectivity index (χ4n) is 4.80. The van der Waals surface area contributed by atoms with Crippen LogP contribution in [0.25, 0.3) is 5.69 Å². The molecule has 1 atom stereocenters. The predicted octanol–water partition coefficient (Wildman–Crippen LogP) is 6.01. The van der Waals surface area contributed by atoms with Crippen molar-refractivity contribution >= 4 is 29.1 Å². The average molecular weight is 558 g/mol. The van der Waals surface area contributed by atoms with Crippen molar-refractivity contribution in [2.24, 2.45) is 0 Å². The minimum atomic E-state index is -4.31. The van der Waals surface area contributed by atoms with Gasteiger partial charge in [-0.25, -0.2) is 9.97 Å². The van der Waals surface area contributed by atoms with E-state index >= 15 is 0 Å². The molecule has 8 nitrogen and oxygen atoms in total. The number of methoxy groups -OCH3 is 1. The molecule has 0 bridgehead atoms. The number of ether oxygens (including phenoxy) is 1. The van der Waals surface area contributed by atoms with Crippen molar-refractivity contribution in [2.45, 2.75) is 25.6 Å². The highest BCUT2D eigenvalue weighted by atomic mass is 35.5. The topological polar surface area (TPSA) is 80.1 Å². The zero-order valence-corrected chi connectivity index (χ0v) is 22.1. The molecule has 0 amide bonds.